The Kier molecular flexibility index (Phi) is 8.92. The number of halogens is 1. The van der Waals surface area contributed by atoms with Crippen molar-refractivity contribution >= 4 is 38.3 Å². The van der Waals surface area contributed by atoms with Crippen LogP contribution in [0.1, 0.15) is 53.8 Å². The first kappa shape index (κ1) is 26.7. The molecule has 0 saturated carbocycles. The van der Waals surface area contributed by atoms with E-state index in [9.17, 15) is 28.7 Å². The van der Waals surface area contributed by atoms with Crippen LogP contribution in [0.15, 0.2) is 36.2 Å². The molecule has 0 radical (unpaired) electrons. The van der Waals surface area contributed by atoms with E-state index in [0.29, 0.717) is 23.7 Å². The van der Waals surface area contributed by atoms with E-state index < -0.39 is 47.7 Å². The minimum Gasteiger partial charge on any atom is -0.447 e. The number of carbonyl (C=O) groups excluding carboxylic acids is 4. The van der Waals surface area contributed by atoms with Crippen LogP contribution in [0, 0.1) is 11.8 Å². The molecule has 1 saturated heterocycles. The number of ether oxygens (including phenoxy) is 1. The molecular formula is C25H30FN2O6P. The average molecular weight is 504 g/mol. The molecule has 8 nitrogen and oxygen atoms in total. The predicted molar refractivity (Wildman–Crippen MR) is 130 cm³/mol. The third kappa shape index (κ3) is 5.85. The molecule has 3 rings (SSSR count). The Labute approximate surface area is 205 Å². The molecule has 0 aliphatic carbocycles. The van der Waals surface area contributed by atoms with Gasteiger partial charge in [-0.25, -0.2) is 14.1 Å². The van der Waals surface area contributed by atoms with Gasteiger partial charge < -0.3 is 9.84 Å². The molecule has 10 heteroatoms. The van der Waals surface area contributed by atoms with Gasteiger partial charge in [0.05, 0.1) is 23.1 Å². The van der Waals surface area contributed by atoms with Crippen molar-refractivity contribution in [3.05, 3.63) is 47.3 Å². The Morgan fingerprint density at radius 3 is 2.46 bits per heavy atom. The number of hydrogen-bond donors (Lipinski definition) is 1. The fourth-order valence-electron chi connectivity index (χ4n) is 4.30. The highest BCUT2D eigenvalue weighted by Crippen LogP contribution is 2.29. The topological polar surface area (TPSA) is 104 Å². The first-order valence-electron chi connectivity index (χ1n) is 11.6. The molecule has 35 heavy (non-hydrogen) atoms. The van der Waals surface area contributed by atoms with Gasteiger partial charge in [0, 0.05) is 6.54 Å². The summed E-state index contributed by atoms with van der Waals surface area (Å²) in [7, 11) is 0.847. The van der Waals surface area contributed by atoms with Crippen LogP contribution in [0.3, 0.4) is 0 Å². The molecule has 0 aromatic heterocycles. The van der Waals surface area contributed by atoms with E-state index >= 15 is 0 Å². The SMILES string of the molecule is C=PCCC1COC(=O)N1C(=O)C(CCCN1C(=O)c2ccccc2C1=O)C(O)C(F)=CC(C)C. The van der Waals surface area contributed by atoms with Crippen molar-refractivity contribution in [3.8, 4) is 0 Å². The average Bonchev–Trinajstić information content (AvgIpc) is 3.31. The molecule has 188 valence electrons. The number of aliphatic hydroxyl groups excluding tert-OH is 1. The highest BCUT2D eigenvalue weighted by molar-refractivity contribution is 7.36. The predicted octanol–water partition coefficient (Wildman–Crippen LogP) is 3.67. The first-order chi connectivity index (χ1) is 16.7. The summed E-state index contributed by atoms with van der Waals surface area (Å²) in [5.41, 5.74) is 0.617. The number of cyclic esters (lactones) is 1. The number of benzene rings is 1. The molecule has 0 bridgehead atoms. The van der Waals surface area contributed by atoms with Crippen LogP contribution in [0.25, 0.3) is 0 Å². The number of carbonyl (C=O) groups is 4. The summed E-state index contributed by atoms with van der Waals surface area (Å²) < 4.78 is 19.8. The second-order valence-corrected chi connectivity index (χ2v) is 9.87. The Bertz CT molecular complexity index is 1010. The lowest BCUT2D eigenvalue weighted by Crippen LogP contribution is -2.46. The van der Waals surface area contributed by atoms with Gasteiger partial charge in [-0.15, -0.1) is 8.20 Å². The smallest absolute Gasteiger partial charge is 0.416 e. The normalized spacial score (nSPS) is 20.0. The Hall–Kier alpha value is -2.90. The van der Waals surface area contributed by atoms with Gasteiger partial charge in [-0.1, -0.05) is 32.3 Å². The van der Waals surface area contributed by atoms with E-state index in [-0.39, 0.29) is 31.9 Å². The second-order valence-electron chi connectivity index (χ2n) is 8.97. The Balaban J connectivity index is 1.77. The quantitative estimate of drug-likeness (QED) is 0.364. The van der Waals surface area contributed by atoms with E-state index in [1.165, 1.54) is 6.08 Å². The lowest BCUT2D eigenvalue weighted by molar-refractivity contribution is -0.137. The molecule has 2 aliphatic rings. The highest BCUT2D eigenvalue weighted by Gasteiger charge is 2.43. The molecule has 1 aromatic rings. The standard InChI is InChI=1S/C25H30FN2O6P/c1-15(2)13-20(26)21(29)19(24(32)28-16(10-12-35-3)14-34-25(28)33)9-6-11-27-22(30)17-7-4-5-8-18(17)23(27)31/h4-5,7-8,13,15-16,19,21,29H,3,6,9-12,14H2,1-2H3. The number of imide groups is 2. The molecular weight excluding hydrogens is 474 g/mol. The summed E-state index contributed by atoms with van der Waals surface area (Å²) in [4.78, 5) is 53.0. The number of fused-ring (bicyclic) bond motifs is 1. The molecule has 3 atom stereocenters. The lowest BCUT2D eigenvalue weighted by Gasteiger charge is -2.28. The van der Waals surface area contributed by atoms with Gasteiger partial charge in [0.15, 0.2) is 0 Å². The molecule has 0 spiro atoms. The molecule has 1 aromatic carbocycles. The van der Waals surface area contributed by atoms with Crippen LogP contribution in [0.4, 0.5) is 9.18 Å². The highest BCUT2D eigenvalue weighted by atomic mass is 31.1. The van der Waals surface area contributed by atoms with Gasteiger partial charge in [-0.2, -0.15) is 0 Å². The van der Waals surface area contributed by atoms with Crippen LogP contribution >= 0.6 is 8.20 Å². The summed E-state index contributed by atoms with van der Waals surface area (Å²) in [6, 6.07) is 5.96. The zero-order valence-electron chi connectivity index (χ0n) is 19.9. The van der Waals surface area contributed by atoms with Crippen molar-refractivity contribution in [2.24, 2.45) is 11.8 Å². The van der Waals surface area contributed by atoms with Crippen LogP contribution in [0.5, 0.6) is 0 Å². The van der Waals surface area contributed by atoms with Gasteiger partial charge in [0.1, 0.15) is 18.5 Å². The Morgan fingerprint density at radius 2 is 1.89 bits per heavy atom. The van der Waals surface area contributed by atoms with E-state index in [1.807, 2.05) is 0 Å². The lowest BCUT2D eigenvalue weighted by atomic mass is 9.92. The number of hydrogen-bond acceptors (Lipinski definition) is 6. The maximum Gasteiger partial charge on any atom is 0.416 e. The van der Waals surface area contributed by atoms with Crippen molar-refractivity contribution in [2.45, 2.75) is 45.3 Å². The van der Waals surface area contributed by atoms with Crippen molar-refractivity contribution in [2.75, 3.05) is 19.3 Å². The molecule has 1 fully saturated rings. The van der Waals surface area contributed by atoms with Crippen molar-refractivity contribution < 1.29 is 33.4 Å². The summed E-state index contributed by atoms with van der Waals surface area (Å²) in [6.45, 7) is 3.49. The largest absolute Gasteiger partial charge is 0.447 e. The van der Waals surface area contributed by atoms with E-state index in [4.69, 9.17) is 4.74 Å². The monoisotopic (exact) mass is 504 g/mol. The first-order valence-corrected chi connectivity index (χ1v) is 12.9. The number of rotatable bonds is 11. The fraction of sp³-hybridized carbons (Fsp3) is 0.480. The van der Waals surface area contributed by atoms with Crippen LogP contribution in [-0.2, 0) is 9.53 Å². The maximum absolute atomic E-state index is 14.8. The summed E-state index contributed by atoms with van der Waals surface area (Å²) in [5.74, 6) is -3.96. The van der Waals surface area contributed by atoms with Crippen LogP contribution < -0.4 is 0 Å². The molecule has 3 unspecified atom stereocenters. The van der Waals surface area contributed by atoms with Crippen LogP contribution in [0.2, 0.25) is 0 Å². The van der Waals surface area contributed by atoms with Gasteiger partial charge in [0.2, 0.25) is 5.91 Å². The zero-order chi connectivity index (χ0) is 25.7. The number of amides is 4. The summed E-state index contributed by atoms with van der Waals surface area (Å²) in [5, 5.41) is 10.7. The second kappa shape index (κ2) is 11.7. The van der Waals surface area contributed by atoms with Gasteiger partial charge >= 0.3 is 6.09 Å². The Morgan fingerprint density at radius 1 is 1.26 bits per heavy atom. The fourth-order valence-corrected chi connectivity index (χ4v) is 4.78. The molecule has 2 heterocycles. The molecule has 2 aliphatic heterocycles. The van der Waals surface area contributed by atoms with E-state index in [0.717, 1.165) is 18.0 Å². The maximum atomic E-state index is 14.8. The number of nitrogens with zero attached hydrogens (tertiary/aromatic N) is 2. The van der Waals surface area contributed by atoms with E-state index in [2.05, 4.69) is 6.30 Å². The number of aliphatic hydroxyl groups is 1. The number of allylic oxidation sites excluding steroid dienone is 1. The summed E-state index contributed by atoms with van der Waals surface area (Å²) >= 11 is 0. The van der Waals surface area contributed by atoms with Gasteiger partial charge in [-0.3, -0.25) is 19.3 Å². The van der Waals surface area contributed by atoms with Crippen molar-refractivity contribution in [1.82, 2.24) is 9.80 Å². The third-order valence-corrected chi connectivity index (χ3v) is 6.64. The van der Waals surface area contributed by atoms with Crippen molar-refractivity contribution in [1.29, 1.82) is 0 Å². The van der Waals surface area contributed by atoms with Crippen molar-refractivity contribution in [3.63, 3.8) is 0 Å². The third-order valence-electron chi connectivity index (χ3n) is 6.07. The summed E-state index contributed by atoms with van der Waals surface area (Å²) in [6.07, 6.45) is 3.57. The molecule has 1 N–H and O–H groups in total. The van der Waals surface area contributed by atoms with Gasteiger partial charge in [0.25, 0.3) is 11.8 Å². The van der Waals surface area contributed by atoms with E-state index in [1.54, 1.807) is 38.1 Å². The van der Waals surface area contributed by atoms with Crippen LogP contribution in [-0.4, -0.2) is 76.5 Å². The minimum absolute atomic E-state index is 0.00732. The zero-order valence-corrected chi connectivity index (χ0v) is 20.7. The minimum atomic E-state index is -1.77. The van der Waals surface area contributed by atoms with Gasteiger partial charge in [-0.05, 0) is 49.6 Å². The molecule has 4 amide bonds.